The third-order valence-corrected chi connectivity index (χ3v) is 3.18. The molecule has 0 fully saturated rings. The van der Waals surface area contributed by atoms with Gasteiger partial charge in [-0.2, -0.15) is 0 Å². The molecule has 0 radical (unpaired) electrons. The van der Waals surface area contributed by atoms with Crippen molar-refractivity contribution in [2.24, 2.45) is 5.41 Å². The first-order valence-electron chi connectivity index (χ1n) is 4.05. The Morgan fingerprint density at radius 2 is 1.18 bits per heavy atom. The maximum absolute atomic E-state index is 11.7. The highest BCUT2D eigenvalue weighted by atomic mass is 16.5. The zero-order valence-corrected chi connectivity index (χ0v) is 8.86. The molecule has 0 bridgehead atoms. The summed E-state index contributed by atoms with van der Waals surface area (Å²) in [5.74, 6) is 0. The average molecular weight is 159 g/mol. The van der Waals surface area contributed by atoms with Gasteiger partial charge >= 0.3 is 0 Å². The first-order chi connectivity index (χ1) is 4.50. The van der Waals surface area contributed by atoms with Gasteiger partial charge in [-0.05, 0) is 13.8 Å². The molecule has 0 saturated heterocycles. The number of nitrogens with zero attached hydrogens (tertiary/aromatic N) is 1. The summed E-state index contributed by atoms with van der Waals surface area (Å²) in [4.78, 5) is 0. The van der Waals surface area contributed by atoms with Gasteiger partial charge in [0, 0.05) is 5.41 Å². The van der Waals surface area contributed by atoms with Crippen molar-refractivity contribution < 1.29 is 4.65 Å². The summed E-state index contributed by atoms with van der Waals surface area (Å²) in [6.07, 6.45) is 0. The molecule has 0 heterocycles. The molecule has 0 N–H and O–H groups in total. The Bertz CT molecular complexity index is 121. The van der Waals surface area contributed by atoms with E-state index in [1.165, 1.54) is 0 Å². The van der Waals surface area contributed by atoms with Crippen LogP contribution in [0.25, 0.3) is 0 Å². The maximum Gasteiger partial charge on any atom is 0.0977 e. The molecule has 11 heavy (non-hydrogen) atoms. The third-order valence-electron chi connectivity index (χ3n) is 3.18. The van der Waals surface area contributed by atoms with Crippen LogP contribution in [0.3, 0.4) is 0 Å². The van der Waals surface area contributed by atoms with Gasteiger partial charge in [0.15, 0.2) is 0 Å². The molecule has 0 spiro atoms. The van der Waals surface area contributed by atoms with Crippen LogP contribution in [-0.4, -0.2) is 24.3 Å². The van der Waals surface area contributed by atoms with E-state index >= 15 is 0 Å². The molecule has 0 aromatic rings. The fraction of sp³-hybridized carbons (Fsp3) is 1.00. The van der Waals surface area contributed by atoms with Gasteiger partial charge in [-0.25, -0.2) is 0 Å². The Labute approximate surface area is 70.4 Å². The quantitative estimate of drug-likeness (QED) is 0.425. The molecule has 68 valence electrons. The second kappa shape index (κ2) is 2.46. The molecule has 0 aliphatic heterocycles. The number of rotatable bonds is 1. The van der Waals surface area contributed by atoms with Crippen LogP contribution in [0.15, 0.2) is 0 Å². The lowest BCUT2D eigenvalue weighted by atomic mass is 9.75. The molecule has 0 amide bonds. The highest BCUT2D eigenvalue weighted by molar-refractivity contribution is 4.84. The zero-order chi connectivity index (χ0) is 9.50. The van der Waals surface area contributed by atoms with E-state index in [1.807, 2.05) is 13.8 Å². The van der Waals surface area contributed by atoms with Crippen molar-refractivity contribution >= 4 is 0 Å². The molecule has 2 nitrogen and oxygen atoms in total. The molecule has 0 saturated carbocycles. The summed E-state index contributed by atoms with van der Waals surface area (Å²) in [5.41, 5.74) is -0.203. The lowest BCUT2D eigenvalue weighted by molar-refractivity contribution is -0.900. The van der Waals surface area contributed by atoms with Gasteiger partial charge in [-0.3, -0.25) is 0 Å². The van der Waals surface area contributed by atoms with Gasteiger partial charge in [0.25, 0.3) is 0 Å². The largest absolute Gasteiger partial charge is 0.633 e. The number of hydrogen-bond donors (Lipinski definition) is 0. The van der Waals surface area contributed by atoms with Gasteiger partial charge in [0.2, 0.25) is 0 Å². The van der Waals surface area contributed by atoms with Gasteiger partial charge in [0.05, 0.1) is 19.6 Å². The van der Waals surface area contributed by atoms with Crippen LogP contribution in [-0.2, 0) is 0 Å². The summed E-state index contributed by atoms with van der Waals surface area (Å²) >= 11 is 0. The lowest BCUT2D eigenvalue weighted by Crippen LogP contribution is -2.58. The summed E-state index contributed by atoms with van der Waals surface area (Å²) < 4.78 is -0.240. The van der Waals surface area contributed by atoms with Crippen LogP contribution in [0.4, 0.5) is 0 Å². The zero-order valence-electron chi connectivity index (χ0n) is 8.86. The number of quaternary nitrogens is 1. The van der Waals surface area contributed by atoms with Crippen molar-refractivity contribution in [2.45, 2.75) is 40.2 Å². The van der Waals surface area contributed by atoms with Crippen molar-refractivity contribution in [3.63, 3.8) is 0 Å². The minimum Gasteiger partial charge on any atom is -0.633 e. The van der Waals surface area contributed by atoms with E-state index in [0.29, 0.717) is 0 Å². The van der Waals surface area contributed by atoms with Crippen molar-refractivity contribution in [1.29, 1.82) is 0 Å². The Balaban J connectivity index is 4.75. The Hall–Kier alpha value is -0.0800. The van der Waals surface area contributed by atoms with Gasteiger partial charge < -0.3 is 9.85 Å². The maximum atomic E-state index is 11.7. The minimum atomic E-state index is -0.243. The summed E-state index contributed by atoms with van der Waals surface area (Å²) in [7, 11) is 3.40. The SMILES string of the molecule is CC(C)(C)C(C)(C)[N+](C)(C)[O-]. The molecular formula is C9H21NO. The van der Waals surface area contributed by atoms with Crippen LogP contribution in [0.2, 0.25) is 0 Å². The first kappa shape index (κ1) is 10.9. The summed E-state index contributed by atoms with van der Waals surface area (Å²) in [5, 5.41) is 11.7. The average Bonchev–Trinajstić information content (AvgIpc) is 1.58. The smallest absolute Gasteiger partial charge is 0.0977 e. The Morgan fingerprint density at radius 3 is 1.18 bits per heavy atom. The van der Waals surface area contributed by atoms with Crippen LogP contribution >= 0.6 is 0 Å². The molecule has 0 unspecified atom stereocenters. The Kier molecular flexibility index (Phi) is 2.44. The van der Waals surface area contributed by atoms with Crippen LogP contribution < -0.4 is 0 Å². The topological polar surface area (TPSA) is 23.1 Å². The van der Waals surface area contributed by atoms with Gasteiger partial charge in [-0.1, -0.05) is 20.8 Å². The van der Waals surface area contributed by atoms with Crippen LogP contribution in [0.1, 0.15) is 34.6 Å². The molecule has 0 aromatic carbocycles. The lowest BCUT2D eigenvalue weighted by Gasteiger charge is -2.54. The summed E-state index contributed by atoms with van der Waals surface area (Å²) in [6, 6.07) is 0. The summed E-state index contributed by atoms with van der Waals surface area (Å²) in [6.45, 7) is 10.3. The van der Waals surface area contributed by atoms with Crippen molar-refractivity contribution in [2.75, 3.05) is 14.1 Å². The third kappa shape index (κ3) is 1.94. The molecule has 0 aromatic heterocycles. The van der Waals surface area contributed by atoms with Crippen LogP contribution in [0, 0.1) is 10.6 Å². The van der Waals surface area contributed by atoms with E-state index in [9.17, 15) is 5.21 Å². The molecule has 0 atom stereocenters. The predicted octanol–water partition coefficient (Wildman–Crippen LogP) is 2.39. The Morgan fingerprint density at radius 1 is 0.909 bits per heavy atom. The second-order valence-electron chi connectivity index (χ2n) is 5.16. The molecular weight excluding hydrogens is 138 g/mol. The highest BCUT2D eigenvalue weighted by Crippen LogP contribution is 2.37. The van der Waals surface area contributed by atoms with E-state index < -0.39 is 0 Å². The van der Waals surface area contributed by atoms with Crippen molar-refractivity contribution in [3.05, 3.63) is 5.21 Å². The molecule has 0 aliphatic carbocycles. The van der Waals surface area contributed by atoms with Crippen LogP contribution in [0.5, 0.6) is 0 Å². The minimum absolute atomic E-state index is 0.0399. The fourth-order valence-electron chi connectivity index (χ4n) is 0.808. The highest BCUT2D eigenvalue weighted by Gasteiger charge is 2.41. The van der Waals surface area contributed by atoms with Crippen molar-refractivity contribution in [1.82, 2.24) is 0 Å². The first-order valence-corrected chi connectivity index (χ1v) is 4.05. The molecule has 2 heteroatoms. The van der Waals surface area contributed by atoms with E-state index in [4.69, 9.17) is 0 Å². The number of hydrogen-bond acceptors (Lipinski definition) is 1. The predicted molar refractivity (Wildman–Crippen MR) is 49.0 cm³/mol. The van der Waals surface area contributed by atoms with E-state index in [1.54, 1.807) is 14.1 Å². The second-order valence-corrected chi connectivity index (χ2v) is 5.16. The standard InChI is InChI=1S/C9H21NO/c1-8(2,3)9(4,5)10(6,7)11/h1-7H3. The van der Waals surface area contributed by atoms with Gasteiger partial charge in [-0.15, -0.1) is 0 Å². The molecule has 0 aliphatic rings. The van der Waals surface area contributed by atoms with E-state index in [2.05, 4.69) is 20.8 Å². The van der Waals surface area contributed by atoms with Crippen molar-refractivity contribution in [3.8, 4) is 0 Å². The number of hydroxylamine groups is 3. The normalized spacial score (nSPS) is 15.3. The van der Waals surface area contributed by atoms with E-state index in [0.717, 1.165) is 0 Å². The fourth-order valence-corrected chi connectivity index (χ4v) is 0.808. The van der Waals surface area contributed by atoms with Gasteiger partial charge in [0.1, 0.15) is 0 Å². The molecule has 0 rings (SSSR count). The monoisotopic (exact) mass is 159 g/mol. The van der Waals surface area contributed by atoms with E-state index in [-0.39, 0.29) is 15.6 Å².